The number of fused-ring (bicyclic) bond motifs is 1. The van der Waals surface area contributed by atoms with Crippen molar-refractivity contribution in [1.29, 1.82) is 0 Å². The van der Waals surface area contributed by atoms with Crippen molar-refractivity contribution in [1.82, 2.24) is 0 Å². The first kappa shape index (κ1) is 20.8. The number of hydrogen-bond acceptors (Lipinski definition) is 6. The van der Waals surface area contributed by atoms with Crippen molar-refractivity contribution in [3.8, 4) is 0 Å². The number of aromatic carboxylic acids is 1. The van der Waals surface area contributed by atoms with Crippen molar-refractivity contribution in [2.45, 2.75) is 0 Å². The summed E-state index contributed by atoms with van der Waals surface area (Å²) in [6.07, 6.45) is 0. The Morgan fingerprint density at radius 3 is 2.48 bits per heavy atom. The molecule has 2 heterocycles. The summed E-state index contributed by atoms with van der Waals surface area (Å²) in [4.78, 5) is 54.0. The Labute approximate surface area is 188 Å². The van der Waals surface area contributed by atoms with E-state index in [2.05, 4.69) is 26.2 Å². The molecule has 0 saturated heterocycles. The molecule has 0 aromatic heterocycles. The standard InChI is InChI=1S/C20H13BrN4O5S/c21-10-3-6-13-12(7-10)15(16-17(27)24-20(22)31-16)18(28)25(13)8-14(26)23-11-4-1-9(2-5-11)19(29)30/h1-7H,8H2,(H,23,26)(H,29,30)(H2,22,24,27)/b16-15+. The molecule has 2 aliphatic rings. The topological polar surface area (TPSA) is 142 Å². The molecule has 4 N–H and O–H groups in total. The molecular weight excluding hydrogens is 488 g/mol. The fourth-order valence-electron chi connectivity index (χ4n) is 3.20. The first-order valence-corrected chi connectivity index (χ1v) is 10.4. The lowest BCUT2D eigenvalue weighted by atomic mass is 10.1. The van der Waals surface area contributed by atoms with Crippen LogP contribution in [0.5, 0.6) is 0 Å². The van der Waals surface area contributed by atoms with Crippen LogP contribution in [-0.2, 0) is 14.4 Å². The lowest BCUT2D eigenvalue weighted by molar-refractivity contribution is -0.118. The number of benzene rings is 2. The predicted octanol–water partition coefficient (Wildman–Crippen LogP) is 2.43. The van der Waals surface area contributed by atoms with E-state index in [1.165, 1.54) is 29.2 Å². The summed E-state index contributed by atoms with van der Waals surface area (Å²) in [5.41, 5.74) is 7.23. The zero-order valence-corrected chi connectivity index (χ0v) is 18.0. The lowest BCUT2D eigenvalue weighted by Gasteiger charge is -2.17. The van der Waals surface area contributed by atoms with Gasteiger partial charge in [0.1, 0.15) is 6.54 Å². The van der Waals surface area contributed by atoms with Crippen molar-refractivity contribution >= 4 is 73.5 Å². The highest BCUT2D eigenvalue weighted by molar-refractivity contribution is 9.10. The monoisotopic (exact) mass is 500 g/mol. The van der Waals surface area contributed by atoms with E-state index >= 15 is 0 Å². The van der Waals surface area contributed by atoms with Crippen LogP contribution in [0.25, 0.3) is 5.57 Å². The lowest BCUT2D eigenvalue weighted by Crippen LogP contribution is -2.35. The second kappa shape index (κ2) is 8.00. The molecule has 0 aliphatic carbocycles. The minimum atomic E-state index is -1.08. The van der Waals surface area contributed by atoms with E-state index in [-0.39, 0.29) is 27.8 Å². The largest absolute Gasteiger partial charge is 0.478 e. The van der Waals surface area contributed by atoms with Gasteiger partial charge in [0.25, 0.3) is 11.8 Å². The average molecular weight is 501 g/mol. The number of amidine groups is 1. The zero-order chi connectivity index (χ0) is 22.3. The number of hydrogen-bond donors (Lipinski definition) is 3. The molecule has 0 unspecified atom stereocenters. The molecule has 2 aliphatic heterocycles. The van der Waals surface area contributed by atoms with Crippen LogP contribution >= 0.6 is 27.7 Å². The van der Waals surface area contributed by atoms with Crippen molar-refractivity contribution in [3.63, 3.8) is 0 Å². The minimum Gasteiger partial charge on any atom is -0.478 e. The Morgan fingerprint density at radius 1 is 1.16 bits per heavy atom. The first-order chi connectivity index (χ1) is 14.7. The van der Waals surface area contributed by atoms with Gasteiger partial charge in [-0.3, -0.25) is 19.3 Å². The average Bonchev–Trinajstić information content (AvgIpc) is 3.17. The van der Waals surface area contributed by atoms with Crippen molar-refractivity contribution < 1.29 is 24.3 Å². The maximum atomic E-state index is 13.2. The number of amides is 3. The van der Waals surface area contributed by atoms with Crippen LogP contribution in [0.3, 0.4) is 0 Å². The molecule has 156 valence electrons. The number of carboxylic acid groups (broad SMARTS) is 1. The Morgan fingerprint density at radius 2 is 1.87 bits per heavy atom. The summed E-state index contributed by atoms with van der Waals surface area (Å²) >= 11 is 4.28. The number of halogens is 1. The molecule has 0 bridgehead atoms. The van der Waals surface area contributed by atoms with Gasteiger partial charge in [-0.2, -0.15) is 4.99 Å². The smallest absolute Gasteiger partial charge is 0.335 e. The maximum Gasteiger partial charge on any atom is 0.335 e. The van der Waals surface area contributed by atoms with Crippen LogP contribution in [-0.4, -0.2) is 40.5 Å². The third-order valence-corrected chi connectivity index (χ3v) is 5.91. The Kier molecular flexibility index (Phi) is 5.38. The number of rotatable bonds is 4. The summed E-state index contributed by atoms with van der Waals surface area (Å²) < 4.78 is 0.700. The van der Waals surface area contributed by atoms with Gasteiger partial charge in [-0.15, -0.1) is 0 Å². The van der Waals surface area contributed by atoms with Gasteiger partial charge >= 0.3 is 5.97 Å². The van der Waals surface area contributed by atoms with E-state index in [9.17, 15) is 19.2 Å². The van der Waals surface area contributed by atoms with Gasteiger partial charge in [-0.05, 0) is 54.2 Å². The molecule has 0 spiro atoms. The van der Waals surface area contributed by atoms with Gasteiger partial charge in [0.2, 0.25) is 5.91 Å². The number of carbonyl (C=O) groups excluding carboxylic acids is 3. The molecule has 0 fully saturated rings. The Balaban J connectivity index is 1.61. The zero-order valence-electron chi connectivity index (χ0n) is 15.6. The van der Waals surface area contributed by atoms with Gasteiger partial charge in [0.15, 0.2) is 5.17 Å². The molecule has 31 heavy (non-hydrogen) atoms. The second-order valence-corrected chi connectivity index (χ2v) is 8.49. The molecule has 4 rings (SSSR count). The number of thioether (sulfide) groups is 1. The van der Waals surface area contributed by atoms with Crippen LogP contribution in [0.1, 0.15) is 15.9 Å². The van der Waals surface area contributed by atoms with Gasteiger partial charge in [-0.25, -0.2) is 4.79 Å². The van der Waals surface area contributed by atoms with E-state index in [4.69, 9.17) is 10.8 Å². The normalized spacial score (nSPS) is 17.6. The first-order valence-electron chi connectivity index (χ1n) is 8.80. The van der Waals surface area contributed by atoms with Crippen LogP contribution < -0.4 is 16.0 Å². The van der Waals surface area contributed by atoms with Gasteiger partial charge in [0.05, 0.1) is 21.7 Å². The summed E-state index contributed by atoms with van der Waals surface area (Å²) in [7, 11) is 0. The van der Waals surface area contributed by atoms with Gasteiger partial charge < -0.3 is 16.2 Å². The molecule has 0 saturated carbocycles. The number of aliphatic imine (C=N–C) groups is 1. The molecule has 3 amide bonds. The maximum absolute atomic E-state index is 13.2. The highest BCUT2D eigenvalue weighted by atomic mass is 79.9. The molecule has 0 atom stereocenters. The summed E-state index contributed by atoms with van der Waals surface area (Å²) in [6, 6.07) is 10.7. The molecule has 11 heteroatoms. The molecule has 9 nitrogen and oxygen atoms in total. The van der Waals surface area contributed by atoms with E-state index in [0.29, 0.717) is 21.4 Å². The summed E-state index contributed by atoms with van der Waals surface area (Å²) in [6.45, 7) is -0.305. The van der Waals surface area contributed by atoms with Crippen LogP contribution in [0.2, 0.25) is 0 Å². The van der Waals surface area contributed by atoms with Crippen molar-refractivity contribution in [2.24, 2.45) is 10.7 Å². The fraction of sp³-hybridized carbons (Fsp3) is 0.0500. The predicted molar refractivity (Wildman–Crippen MR) is 120 cm³/mol. The van der Waals surface area contributed by atoms with E-state index in [0.717, 1.165) is 11.8 Å². The number of nitrogens with one attached hydrogen (secondary N) is 1. The summed E-state index contributed by atoms with van der Waals surface area (Å²) in [5, 5.41) is 11.6. The van der Waals surface area contributed by atoms with Crippen LogP contribution in [0, 0.1) is 0 Å². The second-order valence-electron chi connectivity index (χ2n) is 6.54. The number of carboxylic acids is 1. The van der Waals surface area contributed by atoms with E-state index in [1.54, 1.807) is 18.2 Å². The highest BCUT2D eigenvalue weighted by Crippen LogP contribution is 2.43. The molecule has 2 aromatic rings. The molecule has 0 radical (unpaired) electrons. The van der Waals surface area contributed by atoms with Crippen molar-refractivity contribution in [2.75, 3.05) is 16.8 Å². The number of nitrogens with two attached hydrogens (primary N) is 1. The van der Waals surface area contributed by atoms with Gasteiger partial charge in [-0.1, -0.05) is 15.9 Å². The summed E-state index contributed by atoms with van der Waals surface area (Å²) in [5.74, 6) is -2.67. The highest BCUT2D eigenvalue weighted by Gasteiger charge is 2.39. The number of carbonyl (C=O) groups is 4. The SMILES string of the molecule is NC1=NC(=O)/C(=C2\C(=O)N(CC(=O)Nc3ccc(C(=O)O)cc3)c3ccc(Br)cc32)S1. The minimum absolute atomic E-state index is 0.0536. The third kappa shape index (κ3) is 3.97. The third-order valence-electron chi connectivity index (χ3n) is 4.53. The Bertz CT molecular complexity index is 1220. The van der Waals surface area contributed by atoms with Gasteiger partial charge in [0, 0.05) is 15.7 Å². The number of nitrogens with zero attached hydrogens (tertiary/aromatic N) is 2. The van der Waals surface area contributed by atoms with E-state index in [1.807, 2.05) is 0 Å². The Hall–Kier alpha value is -3.44. The molecular formula is C20H13BrN4O5S. The fourth-order valence-corrected chi connectivity index (χ4v) is 4.33. The van der Waals surface area contributed by atoms with Crippen LogP contribution in [0.15, 0.2) is 56.8 Å². The van der Waals surface area contributed by atoms with Crippen molar-refractivity contribution in [3.05, 3.63) is 63.0 Å². The van der Waals surface area contributed by atoms with Crippen LogP contribution in [0.4, 0.5) is 11.4 Å². The number of anilines is 2. The molecule has 2 aromatic carbocycles. The van der Waals surface area contributed by atoms with E-state index < -0.39 is 23.7 Å². The quantitative estimate of drug-likeness (QED) is 0.547.